The molecule has 0 aromatic heterocycles. The fourth-order valence-electron chi connectivity index (χ4n) is 3.52. The number of rotatable bonds is 7. The van der Waals surface area contributed by atoms with Gasteiger partial charge in [0.15, 0.2) is 11.6 Å². The van der Waals surface area contributed by atoms with Crippen LogP contribution < -0.4 is 5.48 Å². The zero-order valence-electron chi connectivity index (χ0n) is 14.8. The molecule has 1 saturated carbocycles. The fraction of sp³-hybridized carbons (Fsp3) is 0.684. The first-order chi connectivity index (χ1) is 11.6. The number of ether oxygens (including phenoxy) is 1. The molecule has 1 saturated heterocycles. The summed E-state index contributed by atoms with van der Waals surface area (Å²) in [6, 6.07) is 0. The highest BCUT2D eigenvalue weighted by Gasteiger charge is 2.37. The van der Waals surface area contributed by atoms with Gasteiger partial charge in [-0.15, -0.1) is 6.58 Å². The maximum absolute atomic E-state index is 12.6. The number of hydrogen-bond donors (Lipinski definition) is 1. The predicted octanol–water partition coefficient (Wildman–Crippen LogP) is 3.11. The summed E-state index contributed by atoms with van der Waals surface area (Å²) in [5.41, 5.74) is 3.71. The Labute approximate surface area is 144 Å². The lowest BCUT2D eigenvalue weighted by atomic mass is 9.74. The Hall–Kier alpha value is -1.46. The lowest BCUT2D eigenvalue weighted by Crippen LogP contribution is -2.37. The highest BCUT2D eigenvalue weighted by molar-refractivity contribution is 6.22. The molecule has 2 aliphatic rings. The number of ketones is 2. The lowest BCUT2D eigenvalue weighted by Gasteiger charge is -2.34. The molecule has 1 N–H and O–H groups in total. The van der Waals surface area contributed by atoms with Gasteiger partial charge in [0, 0.05) is 12.8 Å². The quantitative estimate of drug-likeness (QED) is 0.255. The van der Waals surface area contributed by atoms with Gasteiger partial charge in [-0.25, -0.2) is 0 Å². The minimum Gasteiger partial charge on any atom is -0.378 e. The van der Waals surface area contributed by atoms with Gasteiger partial charge >= 0.3 is 0 Å². The first-order valence-electron chi connectivity index (χ1n) is 8.96. The molecule has 2 fully saturated rings. The molecule has 0 aromatic carbocycles. The molecule has 2 unspecified atom stereocenters. The Morgan fingerprint density at radius 1 is 1.29 bits per heavy atom. The zero-order chi connectivity index (χ0) is 17.5. The standard InChI is InChI=1S/C19H29NO4/c1-4-6-16(20-24-9-5-2)19-17(21)10-15(11-18(19)22)14-8-7-13(3)23-12-14/h5,13-15,20H,2,4,6-12H2,1,3H3. The van der Waals surface area contributed by atoms with Crippen LogP contribution in [0.1, 0.15) is 52.4 Å². The first kappa shape index (κ1) is 18.9. The summed E-state index contributed by atoms with van der Waals surface area (Å²) in [5.74, 6) is 0.300. The van der Waals surface area contributed by atoms with Crippen molar-refractivity contribution in [3.05, 3.63) is 23.9 Å². The van der Waals surface area contributed by atoms with E-state index in [4.69, 9.17) is 9.57 Å². The Morgan fingerprint density at radius 2 is 2.00 bits per heavy atom. The summed E-state index contributed by atoms with van der Waals surface area (Å²) >= 11 is 0. The molecule has 134 valence electrons. The third-order valence-corrected chi connectivity index (χ3v) is 4.86. The van der Waals surface area contributed by atoms with Crippen molar-refractivity contribution in [3.8, 4) is 0 Å². The minimum absolute atomic E-state index is 0.0620. The topological polar surface area (TPSA) is 64.6 Å². The molecular formula is C19H29NO4. The summed E-state index contributed by atoms with van der Waals surface area (Å²) in [6.07, 6.45) is 6.26. The van der Waals surface area contributed by atoms with Gasteiger partial charge in [-0.1, -0.05) is 19.4 Å². The van der Waals surface area contributed by atoms with E-state index in [0.29, 0.717) is 49.7 Å². The number of Topliss-reactive ketones (excluding diaryl/α,β-unsaturated/α-hetero) is 2. The molecule has 0 aromatic rings. The van der Waals surface area contributed by atoms with Gasteiger partial charge < -0.3 is 4.74 Å². The monoisotopic (exact) mass is 335 g/mol. The number of carbonyl (C=O) groups excluding carboxylic acids is 2. The van der Waals surface area contributed by atoms with Crippen LogP contribution in [0.3, 0.4) is 0 Å². The summed E-state index contributed by atoms with van der Waals surface area (Å²) < 4.78 is 5.72. The highest BCUT2D eigenvalue weighted by Crippen LogP contribution is 2.35. The van der Waals surface area contributed by atoms with Crippen LogP contribution in [0, 0.1) is 11.8 Å². The molecule has 2 rings (SSSR count). The third kappa shape index (κ3) is 4.77. The van der Waals surface area contributed by atoms with Crippen molar-refractivity contribution in [1.29, 1.82) is 0 Å². The molecule has 0 radical (unpaired) electrons. The third-order valence-electron chi connectivity index (χ3n) is 4.86. The molecule has 0 spiro atoms. The van der Waals surface area contributed by atoms with Gasteiger partial charge in [0.05, 0.1) is 30.6 Å². The highest BCUT2D eigenvalue weighted by atomic mass is 16.6. The first-order valence-corrected chi connectivity index (χ1v) is 8.96. The van der Waals surface area contributed by atoms with Crippen molar-refractivity contribution >= 4 is 11.6 Å². The van der Waals surface area contributed by atoms with Crippen molar-refractivity contribution in [1.82, 2.24) is 5.48 Å². The van der Waals surface area contributed by atoms with E-state index in [9.17, 15) is 9.59 Å². The molecule has 5 heteroatoms. The molecule has 0 amide bonds. The average molecular weight is 335 g/mol. The maximum atomic E-state index is 12.6. The van der Waals surface area contributed by atoms with Gasteiger partial charge in [-0.05, 0) is 38.0 Å². The van der Waals surface area contributed by atoms with Crippen LogP contribution in [-0.2, 0) is 19.2 Å². The predicted molar refractivity (Wildman–Crippen MR) is 92.1 cm³/mol. The number of carbonyl (C=O) groups is 2. The van der Waals surface area contributed by atoms with Crippen molar-refractivity contribution in [2.24, 2.45) is 11.8 Å². The number of hydrogen-bond acceptors (Lipinski definition) is 5. The van der Waals surface area contributed by atoms with Gasteiger partial charge in [0.2, 0.25) is 0 Å². The average Bonchev–Trinajstić information content (AvgIpc) is 2.55. The smallest absolute Gasteiger partial charge is 0.168 e. The van der Waals surface area contributed by atoms with E-state index in [0.717, 1.165) is 19.3 Å². The summed E-state index contributed by atoms with van der Waals surface area (Å²) in [4.78, 5) is 30.5. The van der Waals surface area contributed by atoms with Crippen molar-refractivity contribution in [2.75, 3.05) is 13.2 Å². The van der Waals surface area contributed by atoms with E-state index in [-0.39, 0.29) is 23.6 Å². The fourth-order valence-corrected chi connectivity index (χ4v) is 3.52. The zero-order valence-corrected chi connectivity index (χ0v) is 14.8. The van der Waals surface area contributed by atoms with Crippen LogP contribution in [0.5, 0.6) is 0 Å². The van der Waals surface area contributed by atoms with E-state index in [2.05, 4.69) is 19.0 Å². The maximum Gasteiger partial charge on any atom is 0.168 e. The second-order valence-electron chi connectivity index (χ2n) is 6.80. The van der Waals surface area contributed by atoms with E-state index in [1.54, 1.807) is 6.08 Å². The van der Waals surface area contributed by atoms with E-state index < -0.39 is 0 Å². The Kier molecular flexibility index (Phi) is 7.18. The van der Waals surface area contributed by atoms with Crippen molar-refractivity contribution in [3.63, 3.8) is 0 Å². The van der Waals surface area contributed by atoms with E-state index in [1.807, 2.05) is 6.92 Å². The summed E-state index contributed by atoms with van der Waals surface area (Å²) in [5, 5.41) is 0. The normalized spacial score (nSPS) is 27.9. The van der Waals surface area contributed by atoms with Gasteiger partial charge in [0.1, 0.15) is 0 Å². The lowest BCUT2D eigenvalue weighted by molar-refractivity contribution is -0.127. The van der Waals surface area contributed by atoms with Gasteiger partial charge in [-0.3, -0.25) is 19.9 Å². The molecule has 0 bridgehead atoms. The molecule has 1 aliphatic carbocycles. The second-order valence-corrected chi connectivity index (χ2v) is 6.80. The molecule has 2 atom stereocenters. The molecule has 1 aliphatic heterocycles. The van der Waals surface area contributed by atoms with Crippen molar-refractivity contribution in [2.45, 2.75) is 58.5 Å². The minimum atomic E-state index is -0.0620. The molecule has 1 heterocycles. The van der Waals surface area contributed by atoms with Crippen LogP contribution >= 0.6 is 0 Å². The van der Waals surface area contributed by atoms with Gasteiger partial charge in [0.25, 0.3) is 0 Å². The SMILES string of the molecule is C=CCONC(CCC)=C1C(=O)CC(C2CCC(C)OC2)CC1=O. The Balaban J connectivity index is 2.07. The van der Waals surface area contributed by atoms with Crippen LogP contribution in [0.2, 0.25) is 0 Å². The summed E-state index contributed by atoms with van der Waals surface area (Å²) in [7, 11) is 0. The molecular weight excluding hydrogens is 306 g/mol. The molecule has 5 nitrogen and oxygen atoms in total. The Morgan fingerprint density at radius 3 is 2.54 bits per heavy atom. The van der Waals surface area contributed by atoms with Crippen LogP contribution in [-0.4, -0.2) is 30.9 Å². The largest absolute Gasteiger partial charge is 0.378 e. The number of allylic oxidation sites excluding steroid dienone is 2. The molecule has 24 heavy (non-hydrogen) atoms. The van der Waals surface area contributed by atoms with Crippen LogP contribution in [0.4, 0.5) is 0 Å². The number of hydroxylamine groups is 1. The number of nitrogens with one attached hydrogen (secondary N) is 1. The van der Waals surface area contributed by atoms with E-state index in [1.165, 1.54) is 0 Å². The van der Waals surface area contributed by atoms with Crippen molar-refractivity contribution < 1.29 is 19.2 Å². The van der Waals surface area contributed by atoms with Crippen LogP contribution in [0.25, 0.3) is 0 Å². The van der Waals surface area contributed by atoms with E-state index >= 15 is 0 Å². The Bertz CT molecular complexity index is 483. The van der Waals surface area contributed by atoms with Crippen LogP contribution in [0.15, 0.2) is 23.9 Å². The summed E-state index contributed by atoms with van der Waals surface area (Å²) in [6.45, 7) is 8.65. The second kappa shape index (κ2) is 9.14. The van der Waals surface area contributed by atoms with Gasteiger partial charge in [-0.2, -0.15) is 0 Å².